The molecule has 3 saturated heterocycles. The number of thioether (sulfide) groups is 1. The van der Waals surface area contributed by atoms with Crippen LogP contribution in [0.4, 0.5) is 0 Å². The molecule has 3 aliphatic heterocycles. The number of unbranched alkanes of at least 4 members (excludes halogenated alkanes) is 3. The van der Waals surface area contributed by atoms with Gasteiger partial charge in [-0.1, -0.05) is 45.4 Å². The number of esters is 1. The second-order valence-electron chi connectivity index (χ2n) is 11.1. The molecule has 0 aliphatic carbocycles. The monoisotopic (exact) mass is 659 g/mol. The Bertz CT molecular complexity index is 1340. The van der Waals surface area contributed by atoms with Crippen LogP contribution in [0.5, 0.6) is 0 Å². The summed E-state index contributed by atoms with van der Waals surface area (Å²) in [4.78, 5) is 45.7. The molecular formula is C30H38BrN5O5S. The van der Waals surface area contributed by atoms with Crippen LogP contribution in [-0.2, 0) is 25.8 Å². The molecule has 1 spiro atoms. The third kappa shape index (κ3) is 5.53. The van der Waals surface area contributed by atoms with E-state index in [-0.39, 0.29) is 54.3 Å². The average molecular weight is 661 g/mol. The maximum atomic E-state index is 14.6. The summed E-state index contributed by atoms with van der Waals surface area (Å²) in [6.07, 6.45) is 7.46. The van der Waals surface area contributed by atoms with E-state index >= 15 is 0 Å². The van der Waals surface area contributed by atoms with Gasteiger partial charge in [0.25, 0.3) is 0 Å². The number of amides is 2. The number of aliphatic hydroxyl groups is 1. The first-order valence-electron chi connectivity index (χ1n) is 14.6. The molecule has 4 heterocycles. The number of para-hydroxylation sites is 1. The van der Waals surface area contributed by atoms with Crippen LogP contribution in [0.1, 0.15) is 38.5 Å². The van der Waals surface area contributed by atoms with Crippen LogP contribution >= 0.6 is 27.7 Å². The number of carbonyl (C=O) groups is 3. The molecule has 5 rings (SSSR count). The molecule has 3 fully saturated rings. The second kappa shape index (κ2) is 13.3. The lowest BCUT2D eigenvalue weighted by atomic mass is 9.71. The number of allylic oxidation sites excluding steroid dienone is 1. The highest BCUT2D eigenvalue weighted by atomic mass is 79.9. The first-order chi connectivity index (χ1) is 20.4. The van der Waals surface area contributed by atoms with Crippen molar-refractivity contribution in [2.75, 3.05) is 26.3 Å². The van der Waals surface area contributed by atoms with Gasteiger partial charge in [-0.25, -0.2) is 4.68 Å². The number of alkyl halides is 1. The molecule has 0 saturated carbocycles. The zero-order valence-electron chi connectivity index (χ0n) is 23.6. The number of benzene rings is 1. The van der Waals surface area contributed by atoms with E-state index in [9.17, 15) is 19.5 Å². The van der Waals surface area contributed by atoms with Crippen molar-refractivity contribution >= 4 is 56.5 Å². The molecule has 6 atom stereocenters. The molecular weight excluding hydrogens is 622 g/mol. The van der Waals surface area contributed by atoms with Crippen LogP contribution < -0.4 is 0 Å². The van der Waals surface area contributed by atoms with Crippen molar-refractivity contribution in [1.29, 1.82) is 0 Å². The van der Waals surface area contributed by atoms with Crippen molar-refractivity contribution in [3.63, 3.8) is 0 Å². The normalized spacial score (nSPS) is 27.8. The minimum Gasteiger partial charge on any atom is -0.465 e. The highest BCUT2D eigenvalue weighted by Crippen LogP contribution is 2.68. The molecule has 1 N–H and O–H groups in total. The van der Waals surface area contributed by atoms with Gasteiger partial charge >= 0.3 is 5.97 Å². The maximum Gasteiger partial charge on any atom is 0.310 e. The predicted molar refractivity (Wildman–Crippen MR) is 165 cm³/mol. The number of hydrogen-bond donors (Lipinski definition) is 1. The number of halogens is 1. The Morgan fingerprint density at radius 3 is 2.79 bits per heavy atom. The van der Waals surface area contributed by atoms with Gasteiger partial charge in [0.2, 0.25) is 11.8 Å². The van der Waals surface area contributed by atoms with E-state index in [2.05, 4.69) is 39.4 Å². The molecule has 2 aromatic rings. The molecule has 1 aromatic heterocycles. The topological polar surface area (TPSA) is 118 Å². The molecule has 3 aliphatic rings. The lowest BCUT2D eigenvalue weighted by Gasteiger charge is -2.37. The molecule has 2 amide bonds. The number of rotatable bonds is 15. The molecule has 226 valence electrons. The van der Waals surface area contributed by atoms with E-state index in [0.717, 1.165) is 23.9 Å². The largest absolute Gasteiger partial charge is 0.465 e. The number of likely N-dealkylation sites (tertiary alicyclic amines) is 1. The van der Waals surface area contributed by atoms with Gasteiger partial charge in [0.1, 0.15) is 18.2 Å². The Morgan fingerprint density at radius 1 is 1.21 bits per heavy atom. The number of nitrogens with zero attached hydrogens (tertiary/aromatic N) is 5. The highest BCUT2D eigenvalue weighted by Gasteiger charge is 2.76. The number of ether oxygens (including phenoxy) is 1. The van der Waals surface area contributed by atoms with Crippen molar-refractivity contribution in [2.24, 2.45) is 11.8 Å². The minimum absolute atomic E-state index is 0.0333. The molecule has 1 aromatic carbocycles. The Morgan fingerprint density at radius 2 is 2.02 bits per heavy atom. The van der Waals surface area contributed by atoms with E-state index in [1.54, 1.807) is 38.4 Å². The molecule has 3 unspecified atom stereocenters. The summed E-state index contributed by atoms with van der Waals surface area (Å²) in [5.41, 5.74) is 1.53. The third-order valence-electron chi connectivity index (χ3n) is 8.54. The number of aliphatic hydroxyl groups excluding tert-OH is 1. The zero-order chi connectivity index (χ0) is 29.9. The molecule has 12 heteroatoms. The quantitative estimate of drug-likeness (QED) is 0.134. The van der Waals surface area contributed by atoms with Crippen LogP contribution in [0.3, 0.4) is 0 Å². The Hall–Kier alpha value is -2.70. The minimum atomic E-state index is -0.765. The van der Waals surface area contributed by atoms with E-state index < -0.39 is 22.6 Å². The van der Waals surface area contributed by atoms with Crippen LogP contribution in [-0.4, -0.2) is 94.9 Å². The first kappa shape index (κ1) is 30.7. The van der Waals surface area contributed by atoms with Crippen LogP contribution in [0.2, 0.25) is 0 Å². The number of carbonyl (C=O) groups excluding carboxylic acids is 3. The lowest BCUT2D eigenvalue weighted by molar-refractivity contribution is -0.154. The zero-order valence-corrected chi connectivity index (χ0v) is 26.0. The van der Waals surface area contributed by atoms with E-state index in [0.29, 0.717) is 32.2 Å². The Labute approximate surface area is 258 Å². The second-order valence-corrected chi connectivity index (χ2v) is 13.9. The molecule has 10 nitrogen and oxygen atoms in total. The van der Waals surface area contributed by atoms with Gasteiger partial charge in [-0.3, -0.25) is 14.4 Å². The van der Waals surface area contributed by atoms with Crippen molar-refractivity contribution in [3.8, 4) is 0 Å². The van der Waals surface area contributed by atoms with Crippen molar-refractivity contribution in [3.05, 3.63) is 49.6 Å². The molecule has 2 bridgehead atoms. The smallest absolute Gasteiger partial charge is 0.310 e. The van der Waals surface area contributed by atoms with Gasteiger partial charge in [-0.2, -0.15) is 0 Å². The summed E-state index contributed by atoms with van der Waals surface area (Å²) in [6, 6.07) is 6.80. The standard InChI is InChI=1S/C30H38BrN5O5S/c1-3-5-11-17-41-29(40)23-24-27(38)35(15-9-6-10-16-37)26(30(24)18-20(31)25(23)42-30)28(39)34(14-4-2)19-36-22-13-8-7-12-21(22)32-33-36/h3-4,7-8,12-13,20,23-26,37H,1-2,5-6,9-11,14-19H2/t20?,23-,24+,25-,26?,30?/m1/s1. The first-order valence-corrected chi connectivity index (χ1v) is 16.4. The van der Waals surface area contributed by atoms with Gasteiger partial charge in [-0.05, 0) is 50.7 Å². The molecule has 0 radical (unpaired) electrons. The van der Waals surface area contributed by atoms with E-state index in [4.69, 9.17) is 4.74 Å². The third-order valence-corrected chi connectivity index (χ3v) is 11.8. The number of aromatic nitrogens is 3. The fourth-order valence-corrected chi connectivity index (χ4v) is 10.3. The summed E-state index contributed by atoms with van der Waals surface area (Å²) in [5, 5.41) is 17.7. The number of hydrogen-bond acceptors (Lipinski definition) is 8. The maximum absolute atomic E-state index is 14.6. The summed E-state index contributed by atoms with van der Waals surface area (Å²) in [5.74, 6) is -2.00. The van der Waals surface area contributed by atoms with E-state index in [1.807, 2.05) is 24.3 Å². The highest BCUT2D eigenvalue weighted by molar-refractivity contribution is 9.09. The van der Waals surface area contributed by atoms with Gasteiger partial charge < -0.3 is 19.6 Å². The van der Waals surface area contributed by atoms with Crippen LogP contribution in [0.15, 0.2) is 49.6 Å². The summed E-state index contributed by atoms with van der Waals surface area (Å²) >= 11 is 5.40. The Balaban J connectivity index is 1.47. The summed E-state index contributed by atoms with van der Waals surface area (Å²) in [7, 11) is 0. The van der Waals surface area contributed by atoms with Gasteiger partial charge in [-0.15, -0.1) is 30.0 Å². The van der Waals surface area contributed by atoms with Gasteiger partial charge in [0.05, 0.1) is 28.7 Å². The van der Waals surface area contributed by atoms with Crippen molar-refractivity contribution in [1.82, 2.24) is 24.8 Å². The van der Waals surface area contributed by atoms with Crippen molar-refractivity contribution in [2.45, 2.75) is 66.1 Å². The van der Waals surface area contributed by atoms with E-state index in [1.165, 1.54) is 0 Å². The number of fused-ring (bicyclic) bond motifs is 2. The van der Waals surface area contributed by atoms with Crippen LogP contribution in [0.25, 0.3) is 11.0 Å². The fraction of sp³-hybridized carbons (Fsp3) is 0.567. The SMILES string of the molecule is C=CCCCOC(=O)[C@H]1[C@@H]2SC3(CC2Br)C(C(=O)N(CC=C)Cn2nnc4ccccc42)N(CCCCCO)C(=O)[C@H]13. The summed E-state index contributed by atoms with van der Waals surface area (Å²) < 4.78 is 6.60. The van der Waals surface area contributed by atoms with Gasteiger partial charge in [0, 0.05) is 29.8 Å². The molecule has 42 heavy (non-hydrogen) atoms. The lowest BCUT2D eigenvalue weighted by Crippen LogP contribution is -2.55. The Kier molecular flexibility index (Phi) is 9.74. The summed E-state index contributed by atoms with van der Waals surface area (Å²) in [6.45, 7) is 8.73. The fourth-order valence-electron chi connectivity index (χ4n) is 6.72. The van der Waals surface area contributed by atoms with Crippen LogP contribution in [0, 0.1) is 11.8 Å². The predicted octanol–water partition coefficient (Wildman–Crippen LogP) is 3.54. The van der Waals surface area contributed by atoms with Crippen molar-refractivity contribution < 1.29 is 24.2 Å². The van der Waals surface area contributed by atoms with Gasteiger partial charge in [0.15, 0.2) is 0 Å². The average Bonchev–Trinajstić information content (AvgIpc) is 3.70.